The van der Waals surface area contributed by atoms with Gasteiger partial charge in [-0.2, -0.15) is 0 Å². The smallest absolute Gasteiger partial charge is 0.313 e. The molecule has 1 heterocycles. The molecule has 0 bridgehead atoms. The quantitative estimate of drug-likeness (QED) is 0.595. The summed E-state index contributed by atoms with van der Waals surface area (Å²) in [7, 11) is 1.68. The molecule has 0 aliphatic heterocycles. The molecule has 1 rings (SSSR count). The summed E-state index contributed by atoms with van der Waals surface area (Å²) in [6.07, 6.45) is 3.54. The van der Waals surface area contributed by atoms with Crippen molar-refractivity contribution < 1.29 is 9.53 Å². The highest BCUT2D eigenvalue weighted by molar-refractivity contribution is 5.78. The number of rotatable bonds is 5. The van der Waals surface area contributed by atoms with E-state index in [1.165, 1.54) is 4.57 Å². The molecule has 0 amide bonds. The van der Waals surface area contributed by atoms with Gasteiger partial charge < -0.3 is 9.30 Å². The van der Waals surface area contributed by atoms with Crippen molar-refractivity contribution >= 4 is 5.97 Å². The molecule has 0 saturated carbocycles. The van der Waals surface area contributed by atoms with Crippen LogP contribution in [0.4, 0.5) is 0 Å². The molecular formula is C14H21NO3. The lowest BCUT2D eigenvalue weighted by molar-refractivity contribution is -0.145. The van der Waals surface area contributed by atoms with Crippen molar-refractivity contribution in [2.24, 2.45) is 7.05 Å². The Morgan fingerprint density at radius 2 is 2.17 bits per heavy atom. The Bertz CT molecular complexity index is 476. The Kier molecular flexibility index (Phi) is 5.13. The summed E-state index contributed by atoms with van der Waals surface area (Å²) >= 11 is 0. The van der Waals surface area contributed by atoms with Crippen LogP contribution in [0.15, 0.2) is 17.1 Å². The van der Waals surface area contributed by atoms with E-state index >= 15 is 0 Å². The number of carbonyl (C=O) groups is 1. The van der Waals surface area contributed by atoms with Crippen molar-refractivity contribution in [2.75, 3.05) is 6.61 Å². The first-order chi connectivity index (χ1) is 8.49. The second kappa shape index (κ2) is 6.38. The number of ether oxygens (including phenoxy) is 1. The summed E-state index contributed by atoms with van der Waals surface area (Å²) in [4.78, 5) is 23.9. The van der Waals surface area contributed by atoms with Crippen LogP contribution in [0.5, 0.6) is 0 Å². The van der Waals surface area contributed by atoms with E-state index in [1.54, 1.807) is 20.2 Å². The Balaban J connectivity index is 2.90. The fourth-order valence-corrected chi connectivity index (χ4v) is 1.83. The van der Waals surface area contributed by atoms with Crippen molar-refractivity contribution in [1.29, 1.82) is 0 Å². The fourth-order valence-electron chi connectivity index (χ4n) is 1.83. The number of aromatic nitrogens is 1. The van der Waals surface area contributed by atoms with Gasteiger partial charge in [0.25, 0.3) is 5.56 Å². The zero-order valence-electron chi connectivity index (χ0n) is 11.5. The number of hydrogen-bond acceptors (Lipinski definition) is 3. The monoisotopic (exact) mass is 251 g/mol. The molecule has 0 aromatic carbocycles. The highest BCUT2D eigenvalue weighted by atomic mass is 16.5. The second-order valence-electron chi connectivity index (χ2n) is 4.57. The summed E-state index contributed by atoms with van der Waals surface area (Å²) in [5, 5.41) is 0. The SMILES string of the molecule is CCCCOC(=O)C(C)c1c(C)ccn(C)c1=O. The molecule has 0 N–H and O–H groups in total. The number of hydrogen-bond donors (Lipinski definition) is 0. The van der Waals surface area contributed by atoms with E-state index in [2.05, 4.69) is 0 Å². The van der Waals surface area contributed by atoms with Crippen molar-refractivity contribution in [3.05, 3.63) is 33.7 Å². The van der Waals surface area contributed by atoms with Crippen LogP contribution in [0.1, 0.15) is 43.7 Å². The average molecular weight is 251 g/mol. The number of nitrogens with zero attached hydrogens (tertiary/aromatic N) is 1. The highest BCUT2D eigenvalue weighted by Gasteiger charge is 2.22. The minimum atomic E-state index is -0.512. The van der Waals surface area contributed by atoms with E-state index in [0.29, 0.717) is 12.2 Å². The van der Waals surface area contributed by atoms with E-state index in [0.717, 1.165) is 18.4 Å². The predicted molar refractivity (Wildman–Crippen MR) is 70.7 cm³/mol. The molecule has 0 spiro atoms. The number of esters is 1. The molecule has 0 saturated heterocycles. The maximum Gasteiger partial charge on any atom is 0.313 e. The van der Waals surface area contributed by atoms with Crippen LogP contribution in [-0.4, -0.2) is 17.1 Å². The van der Waals surface area contributed by atoms with Gasteiger partial charge in [-0.15, -0.1) is 0 Å². The first kappa shape index (κ1) is 14.5. The van der Waals surface area contributed by atoms with E-state index in [-0.39, 0.29) is 11.5 Å². The Morgan fingerprint density at radius 3 is 2.78 bits per heavy atom. The molecule has 1 aromatic rings. The summed E-state index contributed by atoms with van der Waals surface area (Å²) in [6, 6.07) is 1.84. The lowest BCUT2D eigenvalue weighted by atomic mass is 9.98. The third kappa shape index (κ3) is 3.22. The molecule has 18 heavy (non-hydrogen) atoms. The van der Waals surface area contributed by atoms with Crippen molar-refractivity contribution in [3.63, 3.8) is 0 Å². The highest BCUT2D eigenvalue weighted by Crippen LogP contribution is 2.17. The van der Waals surface area contributed by atoms with E-state index in [4.69, 9.17) is 4.74 Å². The van der Waals surface area contributed by atoms with Crippen molar-refractivity contribution in [3.8, 4) is 0 Å². The van der Waals surface area contributed by atoms with Crippen LogP contribution in [-0.2, 0) is 16.6 Å². The van der Waals surface area contributed by atoms with E-state index < -0.39 is 5.92 Å². The van der Waals surface area contributed by atoms with Gasteiger partial charge in [0.05, 0.1) is 12.5 Å². The molecule has 4 nitrogen and oxygen atoms in total. The summed E-state index contributed by atoms with van der Waals surface area (Å²) in [5.74, 6) is -0.836. The zero-order valence-corrected chi connectivity index (χ0v) is 11.5. The standard InChI is InChI=1S/C14H21NO3/c1-5-6-9-18-14(17)11(3)12-10(2)7-8-15(4)13(12)16/h7-8,11H,5-6,9H2,1-4H3. The molecule has 1 aromatic heterocycles. The first-order valence-electron chi connectivity index (χ1n) is 6.31. The molecule has 0 aliphatic rings. The lowest BCUT2D eigenvalue weighted by Crippen LogP contribution is -2.27. The third-order valence-electron chi connectivity index (χ3n) is 3.05. The zero-order chi connectivity index (χ0) is 13.7. The van der Waals surface area contributed by atoms with Crippen LogP contribution < -0.4 is 5.56 Å². The molecule has 4 heteroatoms. The van der Waals surface area contributed by atoms with Crippen molar-refractivity contribution in [2.45, 2.75) is 39.5 Å². The van der Waals surface area contributed by atoms with Gasteiger partial charge >= 0.3 is 5.97 Å². The van der Waals surface area contributed by atoms with E-state index in [9.17, 15) is 9.59 Å². The maximum absolute atomic E-state index is 12.0. The molecule has 0 fully saturated rings. The number of carbonyl (C=O) groups excluding carboxylic acids is 1. The number of unbranched alkanes of at least 4 members (excludes halogenated alkanes) is 1. The maximum atomic E-state index is 12.0. The Hall–Kier alpha value is -1.58. The minimum absolute atomic E-state index is 0.130. The Labute approximate surface area is 108 Å². The van der Waals surface area contributed by atoms with Gasteiger partial charge in [-0.25, -0.2) is 0 Å². The summed E-state index contributed by atoms with van der Waals surface area (Å²) < 4.78 is 6.65. The molecule has 0 radical (unpaired) electrons. The molecule has 100 valence electrons. The van der Waals surface area contributed by atoms with Gasteiger partial charge in [0.1, 0.15) is 0 Å². The van der Waals surface area contributed by atoms with Crippen LogP contribution in [0.25, 0.3) is 0 Å². The van der Waals surface area contributed by atoms with Crippen LogP contribution >= 0.6 is 0 Å². The Morgan fingerprint density at radius 1 is 1.50 bits per heavy atom. The fraction of sp³-hybridized carbons (Fsp3) is 0.571. The normalized spacial score (nSPS) is 12.2. The van der Waals surface area contributed by atoms with Gasteiger partial charge in [-0.1, -0.05) is 13.3 Å². The van der Waals surface area contributed by atoms with Crippen LogP contribution in [0, 0.1) is 6.92 Å². The second-order valence-corrected chi connectivity index (χ2v) is 4.57. The molecular weight excluding hydrogens is 230 g/mol. The van der Waals surface area contributed by atoms with Crippen LogP contribution in [0.2, 0.25) is 0 Å². The molecule has 1 unspecified atom stereocenters. The first-order valence-corrected chi connectivity index (χ1v) is 6.31. The minimum Gasteiger partial charge on any atom is -0.465 e. The van der Waals surface area contributed by atoms with Gasteiger partial charge in [0.2, 0.25) is 0 Å². The topological polar surface area (TPSA) is 48.3 Å². The summed E-state index contributed by atoms with van der Waals surface area (Å²) in [5.41, 5.74) is 1.23. The van der Waals surface area contributed by atoms with Gasteiger partial charge in [-0.3, -0.25) is 9.59 Å². The average Bonchev–Trinajstić information content (AvgIpc) is 2.34. The van der Waals surface area contributed by atoms with E-state index in [1.807, 2.05) is 19.9 Å². The molecule has 1 atom stereocenters. The van der Waals surface area contributed by atoms with Gasteiger partial charge in [-0.05, 0) is 31.9 Å². The lowest BCUT2D eigenvalue weighted by Gasteiger charge is -2.14. The van der Waals surface area contributed by atoms with Crippen molar-refractivity contribution in [1.82, 2.24) is 4.57 Å². The summed E-state index contributed by atoms with van der Waals surface area (Å²) in [6.45, 7) is 6.02. The van der Waals surface area contributed by atoms with Gasteiger partial charge in [0.15, 0.2) is 0 Å². The number of aryl methyl sites for hydroxylation is 2. The van der Waals surface area contributed by atoms with Gasteiger partial charge in [0, 0.05) is 18.8 Å². The van der Waals surface area contributed by atoms with Crippen LogP contribution in [0.3, 0.4) is 0 Å². The number of pyridine rings is 1. The third-order valence-corrected chi connectivity index (χ3v) is 3.05. The largest absolute Gasteiger partial charge is 0.465 e. The molecule has 0 aliphatic carbocycles. The predicted octanol–water partition coefficient (Wildman–Crippen LogP) is 2.14.